The highest BCUT2D eigenvalue weighted by atomic mass is 16.5. The molecule has 1 heterocycles. The minimum atomic E-state index is 0.834. The number of fused-ring (bicyclic) bond motifs is 1. The van der Waals surface area contributed by atoms with Gasteiger partial charge in [-0.15, -0.1) is 0 Å². The molecule has 0 fully saturated rings. The summed E-state index contributed by atoms with van der Waals surface area (Å²) >= 11 is 0. The molecule has 0 unspecified atom stereocenters. The molecule has 86 valence electrons. The van der Waals surface area contributed by atoms with E-state index in [2.05, 4.69) is 49.4 Å². The van der Waals surface area contributed by atoms with Crippen LogP contribution in [0.5, 0.6) is 5.75 Å². The summed E-state index contributed by atoms with van der Waals surface area (Å²) in [5.74, 6) is 1.09. The highest BCUT2D eigenvalue weighted by Crippen LogP contribution is 2.31. The van der Waals surface area contributed by atoms with E-state index < -0.39 is 0 Å². The van der Waals surface area contributed by atoms with Gasteiger partial charge in [-0.1, -0.05) is 36.4 Å². The van der Waals surface area contributed by atoms with Crippen molar-refractivity contribution < 1.29 is 4.74 Å². The van der Waals surface area contributed by atoms with Gasteiger partial charge in [-0.2, -0.15) is 0 Å². The Labute approximate surface area is 102 Å². The van der Waals surface area contributed by atoms with E-state index in [1.165, 1.54) is 22.3 Å². The van der Waals surface area contributed by atoms with Gasteiger partial charge in [0.25, 0.3) is 0 Å². The van der Waals surface area contributed by atoms with Gasteiger partial charge in [0, 0.05) is 12.0 Å². The third-order valence-corrected chi connectivity index (χ3v) is 3.29. The van der Waals surface area contributed by atoms with Gasteiger partial charge >= 0.3 is 0 Å². The second-order valence-electron chi connectivity index (χ2n) is 4.66. The largest absolute Gasteiger partial charge is 0.493 e. The molecule has 0 bridgehead atoms. The van der Waals surface area contributed by atoms with Crippen LogP contribution >= 0.6 is 0 Å². The molecule has 0 saturated carbocycles. The van der Waals surface area contributed by atoms with E-state index in [0.29, 0.717) is 0 Å². The Balaban J connectivity index is 1.98. The number of ether oxygens (including phenoxy) is 1. The van der Waals surface area contributed by atoms with Gasteiger partial charge in [-0.3, -0.25) is 0 Å². The Morgan fingerprint density at radius 1 is 1.12 bits per heavy atom. The maximum atomic E-state index is 5.66. The first-order valence-electron chi connectivity index (χ1n) is 6.12. The van der Waals surface area contributed by atoms with E-state index in [1.807, 2.05) is 0 Å². The summed E-state index contributed by atoms with van der Waals surface area (Å²) in [4.78, 5) is 0. The molecule has 0 spiro atoms. The summed E-state index contributed by atoms with van der Waals surface area (Å²) < 4.78 is 5.66. The van der Waals surface area contributed by atoms with E-state index in [-0.39, 0.29) is 0 Å². The Kier molecular flexibility index (Phi) is 2.60. The zero-order valence-corrected chi connectivity index (χ0v) is 10.1. The Hall–Kier alpha value is -1.76. The van der Waals surface area contributed by atoms with E-state index in [4.69, 9.17) is 4.74 Å². The predicted molar refractivity (Wildman–Crippen MR) is 69.6 cm³/mol. The van der Waals surface area contributed by atoms with Crippen molar-refractivity contribution >= 4 is 0 Å². The maximum absolute atomic E-state index is 5.66. The Morgan fingerprint density at radius 2 is 1.94 bits per heavy atom. The first-order valence-corrected chi connectivity index (χ1v) is 6.12. The topological polar surface area (TPSA) is 9.23 Å². The van der Waals surface area contributed by atoms with Crippen LogP contribution in [0, 0.1) is 6.92 Å². The number of hydrogen-bond acceptors (Lipinski definition) is 1. The second-order valence-corrected chi connectivity index (χ2v) is 4.66. The van der Waals surface area contributed by atoms with Crippen LogP contribution in [0.3, 0.4) is 0 Å². The van der Waals surface area contributed by atoms with Crippen molar-refractivity contribution in [3.8, 4) is 5.75 Å². The lowest BCUT2D eigenvalue weighted by Crippen LogP contribution is -1.94. The molecule has 0 aliphatic carbocycles. The summed E-state index contributed by atoms with van der Waals surface area (Å²) in [5, 5.41) is 0. The zero-order valence-electron chi connectivity index (χ0n) is 10.1. The molecule has 1 heteroatoms. The van der Waals surface area contributed by atoms with Crippen molar-refractivity contribution in [2.24, 2.45) is 0 Å². The van der Waals surface area contributed by atoms with Crippen molar-refractivity contribution in [2.75, 3.05) is 6.61 Å². The van der Waals surface area contributed by atoms with Crippen molar-refractivity contribution in [3.63, 3.8) is 0 Å². The molecule has 0 aromatic heterocycles. The fourth-order valence-corrected chi connectivity index (χ4v) is 2.50. The summed E-state index contributed by atoms with van der Waals surface area (Å²) in [6, 6.07) is 15.1. The quantitative estimate of drug-likeness (QED) is 0.758. The average Bonchev–Trinajstić information content (AvgIpc) is 2.78. The molecule has 2 aromatic rings. The van der Waals surface area contributed by atoms with Gasteiger partial charge in [-0.05, 0) is 36.1 Å². The van der Waals surface area contributed by atoms with Crippen LogP contribution in [-0.2, 0) is 12.8 Å². The van der Waals surface area contributed by atoms with Crippen LogP contribution in [0.1, 0.15) is 22.3 Å². The molecule has 2 aromatic carbocycles. The number of benzene rings is 2. The highest BCUT2D eigenvalue weighted by Gasteiger charge is 2.16. The lowest BCUT2D eigenvalue weighted by molar-refractivity contribution is 0.356. The molecule has 0 atom stereocenters. The standard InChI is InChI=1S/C16H16O/c1-12-9-14(11-13-5-3-2-4-6-13)15-7-8-17-16(15)10-12/h2-6,9-10H,7-8,11H2,1H3. The molecule has 1 aliphatic heterocycles. The fraction of sp³-hybridized carbons (Fsp3) is 0.250. The summed E-state index contributed by atoms with van der Waals surface area (Å²) in [5.41, 5.74) is 5.48. The molecule has 0 radical (unpaired) electrons. The lowest BCUT2D eigenvalue weighted by Gasteiger charge is -2.09. The van der Waals surface area contributed by atoms with Crippen LogP contribution in [0.25, 0.3) is 0 Å². The normalized spacial score (nSPS) is 13.2. The average molecular weight is 224 g/mol. The number of hydrogen-bond donors (Lipinski definition) is 0. The van der Waals surface area contributed by atoms with Gasteiger partial charge in [0.05, 0.1) is 6.61 Å². The highest BCUT2D eigenvalue weighted by molar-refractivity contribution is 5.47. The first-order chi connectivity index (χ1) is 8.33. The number of rotatable bonds is 2. The smallest absolute Gasteiger partial charge is 0.123 e. The van der Waals surface area contributed by atoms with Crippen LogP contribution in [0.15, 0.2) is 42.5 Å². The first kappa shape index (κ1) is 10.4. The predicted octanol–water partition coefficient (Wildman–Crippen LogP) is 3.52. The molecule has 0 saturated heterocycles. The molecule has 1 nitrogen and oxygen atoms in total. The minimum absolute atomic E-state index is 0.834. The maximum Gasteiger partial charge on any atom is 0.123 e. The molecule has 17 heavy (non-hydrogen) atoms. The van der Waals surface area contributed by atoms with Crippen LogP contribution in [0.2, 0.25) is 0 Å². The minimum Gasteiger partial charge on any atom is -0.493 e. The molecular formula is C16H16O. The van der Waals surface area contributed by atoms with Gasteiger partial charge in [0.2, 0.25) is 0 Å². The summed E-state index contributed by atoms with van der Waals surface area (Å²) in [6.45, 7) is 2.97. The van der Waals surface area contributed by atoms with E-state index in [9.17, 15) is 0 Å². The van der Waals surface area contributed by atoms with E-state index >= 15 is 0 Å². The zero-order chi connectivity index (χ0) is 11.7. The lowest BCUT2D eigenvalue weighted by atomic mass is 9.96. The van der Waals surface area contributed by atoms with Gasteiger partial charge in [-0.25, -0.2) is 0 Å². The van der Waals surface area contributed by atoms with Crippen molar-refractivity contribution in [2.45, 2.75) is 19.8 Å². The van der Waals surface area contributed by atoms with Gasteiger partial charge in [0.1, 0.15) is 5.75 Å². The Morgan fingerprint density at radius 3 is 2.76 bits per heavy atom. The van der Waals surface area contributed by atoms with Crippen LogP contribution < -0.4 is 4.74 Å². The summed E-state index contributed by atoms with van der Waals surface area (Å²) in [6.07, 6.45) is 2.06. The molecule has 0 amide bonds. The monoisotopic (exact) mass is 224 g/mol. The van der Waals surface area contributed by atoms with Crippen LogP contribution in [0.4, 0.5) is 0 Å². The third-order valence-electron chi connectivity index (χ3n) is 3.29. The van der Waals surface area contributed by atoms with Gasteiger partial charge < -0.3 is 4.74 Å². The van der Waals surface area contributed by atoms with Crippen LogP contribution in [-0.4, -0.2) is 6.61 Å². The number of aryl methyl sites for hydroxylation is 1. The SMILES string of the molecule is Cc1cc(Cc2ccccc2)c2c(c1)OCC2. The van der Waals surface area contributed by atoms with E-state index in [0.717, 1.165) is 25.2 Å². The fourth-order valence-electron chi connectivity index (χ4n) is 2.50. The molecule has 3 rings (SSSR count). The summed E-state index contributed by atoms with van der Waals surface area (Å²) in [7, 11) is 0. The molecule has 1 aliphatic rings. The third kappa shape index (κ3) is 2.05. The van der Waals surface area contributed by atoms with Crippen molar-refractivity contribution in [3.05, 3.63) is 64.7 Å². The van der Waals surface area contributed by atoms with Crippen molar-refractivity contribution in [1.29, 1.82) is 0 Å². The van der Waals surface area contributed by atoms with E-state index in [1.54, 1.807) is 0 Å². The second kappa shape index (κ2) is 4.25. The molecule has 0 N–H and O–H groups in total. The Bertz CT molecular complexity index is 529. The van der Waals surface area contributed by atoms with Crippen molar-refractivity contribution in [1.82, 2.24) is 0 Å². The van der Waals surface area contributed by atoms with Gasteiger partial charge in [0.15, 0.2) is 0 Å². The molecular weight excluding hydrogens is 208 g/mol.